The van der Waals surface area contributed by atoms with E-state index in [-0.39, 0.29) is 5.54 Å². The topological polar surface area (TPSA) is 38.5 Å². The lowest BCUT2D eigenvalue weighted by Gasteiger charge is -2.52. The zero-order valence-electron chi connectivity index (χ0n) is 11.5. The van der Waals surface area contributed by atoms with Crippen molar-refractivity contribution in [1.29, 1.82) is 0 Å². The van der Waals surface area contributed by atoms with Crippen LogP contribution < -0.4 is 5.73 Å². The lowest BCUT2D eigenvalue weighted by Crippen LogP contribution is -2.63. The Hall–Kier alpha value is -0.120. The second-order valence-electron chi connectivity index (χ2n) is 5.96. The van der Waals surface area contributed by atoms with Crippen molar-refractivity contribution in [1.82, 2.24) is 4.90 Å². The van der Waals surface area contributed by atoms with Gasteiger partial charge in [0.25, 0.3) is 0 Å². The summed E-state index contributed by atoms with van der Waals surface area (Å²) in [5, 5.41) is 0. The van der Waals surface area contributed by atoms with Crippen LogP contribution in [0.4, 0.5) is 0 Å². The van der Waals surface area contributed by atoms with Crippen molar-refractivity contribution in [3.05, 3.63) is 0 Å². The quantitative estimate of drug-likeness (QED) is 0.820. The Morgan fingerprint density at radius 3 is 2.94 bits per heavy atom. The van der Waals surface area contributed by atoms with Gasteiger partial charge in [-0.25, -0.2) is 0 Å². The highest BCUT2D eigenvalue weighted by Gasteiger charge is 2.42. The molecule has 2 N–H and O–H groups in total. The lowest BCUT2D eigenvalue weighted by molar-refractivity contribution is -0.0809. The van der Waals surface area contributed by atoms with Crippen molar-refractivity contribution in [3.63, 3.8) is 0 Å². The van der Waals surface area contributed by atoms with Crippen LogP contribution in [0.2, 0.25) is 0 Å². The van der Waals surface area contributed by atoms with Crippen LogP contribution in [-0.2, 0) is 4.74 Å². The Morgan fingerprint density at radius 2 is 2.29 bits per heavy atom. The molecule has 0 spiro atoms. The van der Waals surface area contributed by atoms with Gasteiger partial charge in [-0.2, -0.15) is 0 Å². The Kier molecular flexibility index (Phi) is 4.45. The highest BCUT2D eigenvalue weighted by atomic mass is 16.5. The molecule has 2 aliphatic rings. The van der Waals surface area contributed by atoms with Gasteiger partial charge in [-0.3, -0.25) is 4.90 Å². The lowest BCUT2D eigenvalue weighted by atomic mass is 9.74. The molecule has 17 heavy (non-hydrogen) atoms. The van der Waals surface area contributed by atoms with Gasteiger partial charge in [0.1, 0.15) is 0 Å². The first-order valence-electron chi connectivity index (χ1n) is 7.26. The van der Waals surface area contributed by atoms with E-state index < -0.39 is 0 Å². The molecule has 3 nitrogen and oxygen atoms in total. The van der Waals surface area contributed by atoms with Crippen molar-refractivity contribution < 1.29 is 4.74 Å². The van der Waals surface area contributed by atoms with Gasteiger partial charge < -0.3 is 10.5 Å². The molecule has 1 heterocycles. The summed E-state index contributed by atoms with van der Waals surface area (Å²) in [5.74, 6) is 0.827. The van der Waals surface area contributed by atoms with Crippen LogP contribution in [0.25, 0.3) is 0 Å². The maximum absolute atomic E-state index is 6.17. The molecular weight excluding hydrogens is 212 g/mol. The summed E-state index contributed by atoms with van der Waals surface area (Å²) in [6, 6.07) is 0.581. The van der Waals surface area contributed by atoms with Gasteiger partial charge in [0, 0.05) is 24.7 Å². The minimum Gasteiger partial charge on any atom is -0.378 e. The van der Waals surface area contributed by atoms with Gasteiger partial charge >= 0.3 is 0 Å². The van der Waals surface area contributed by atoms with Gasteiger partial charge in [0.2, 0.25) is 0 Å². The van der Waals surface area contributed by atoms with Gasteiger partial charge in [0.05, 0.1) is 13.2 Å². The fraction of sp³-hybridized carbons (Fsp3) is 1.00. The van der Waals surface area contributed by atoms with E-state index in [0.717, 1.165) is 32.2 Å². The van der Waals surface area contributed by atoms with Crippen LogP contribution in [-0.4, -0.2) is 42.8 Å². The summed E-state index contributed by atoms with van der Waals surface area (Å²) >= 11 is 0. The van der Waals surface area contributed by atoms with Crippen LogP contribution >= 0.6 is 0 Å². The molecule has 2 rings (SSSR count). The molecule has 3 unspecified atom stereocenters. The highest BCUT2D eigenvalue weighted by molar-refractivity contribution is 4.99. The van der Waals surface area contributed by atoms with Crippen molar-refractivity contribution in [3.8, 4) is 0 Å². The smallest absolute Gasteiger partial charge is 0.0622 e. The second-order valence-corrected chi connectivity index (χ2v) is 5.96. The molecule has 1 saturated heterocycles. The van der Waals surface area contributed by atoms with Crippen LogP contribution in [0.5, 0.6) is 0 Å². The minimum absolute atomic E-state index is 0.266. The third-order valence-electron chi connectivity index (χ3n) is 4.76. The Morgan fingerprint density at radius 1 is 1.47 bits per heavy atom. The molecule has 0 radical (unpaired) electrons. The zero-order chi connectivity index (χ0) is 12.3. The van der Waals surface area contributed by atoms with E-state index >= 15 is 0 Å². The van der Waals surface area contributed by atoms with Crippen LogP contribution in [0, 0.1) is 5.92 Å². The Labute approximate surface area is 106 Å². The Balaban J connectivity index is 2.14. The number of nitrogens with zero attached hydrogens (tertiary/aromatic N) is 1. The molecule has 0 aromatic carbocycles. The van der Waals surface area contributed by atoms with E-state index in [1.54, 1.807) is 0 Å². The largest absolute Gasteiger partial charge is 0.378 e. The average Bonchev–Trinajstić information content (AvgIpc) is 2.38. The molecule has 100 valence electrons. The maximum Gasteiger partial charge on any atom is 0.0622 e. The number of hydrogen-bond donors (Lipinski definition) is 1. The molecule has 1 saturated carbocycles. The predicted molar refractivity (Wildman–Crippen MR) is 71.0 cm³/mol. The average molecular weight is 240 g/mol. The molecular formula is C14H28N2O. The summed E-state index contributed by atoms with van der Waals surface area (Å²) in [7, 11) is 0. The molecule has 0 amide bonds. The first-order valence-corrected chi connectivity index (χ1v) is 7.26. The summed E-state index contributed by atoms with van der Waals surface area (Å²) in [5.41, 5.74) is 6.43. The SMILES string of the molecule is CCC1COCCN1C1(CN)CCCC(C)C1. The fourth-order valence-electron chi connectivity index (χ4n) is 3.81. The van der Waals surface area contributed by atoms with Crippen molar-refractivity contribution in [2.24, 2.45) is 11.7 Å². The summed E-state index contributed by atoms with van der Waals surface area (Å²) in [6.45, 7) is 8.31. The van der Waals surface area contributed by atoms with Crippen LogP contribution in [0.15, 0.2) is 0 Å². The highest BCUT2D eigenvalue weighted by Crippen LogP contribution is 2.38. The van der Waals surface area contributed by atoms with Crippen LogP contribution in [0.3, 0.4) is 0 Å². The number of hydrogen-bond acceptors (Lipinski definition) is 3. The minimum atomic E-state index is 0.266. The molecule has 3 heteroatoms. The number of rotatable bonds is 3. The van der Waals surface area contributed by atoms with Crippen LogP contribution in [0.1, 0.15) is 46.0 Å². The van der Waals surface area contributed by atoms with Gasteiger partial charge in [-0.15, -0.1) is 0 Å². The maximum atomic E-state index is 6.17. The predicted octanol–water partition coefficient (Wildman–Crippen LogP) is 2.00. The monoisotopic (exact) mass is 240 g/mol. The third-order valence-corrected chi connectivity index (χ3v) is 4.76. The zero-order valence-corrected chi connectivity index (χ0v) is 11.5. The molecule has 0 aromatic heterocycles. The number of ether oxygens (including phenoxy) is 1. The molecule has 1 aliphatic carbocycles. The van der Waals surface area contributed by atoms with E-state index in [1.807, 2.05) is 0 Å². The van der Waals surface area contributed by atoms with Crippen molar-refractivity contribution >= 4 is 0 Å². The first-order chi connectivity index (χ1) is 8.22. The number of nitrogens with two attached hydrogens (primary N) is 1. The fourth-order valence-corrected chi connectivity index (χ4v) is 3.81. The normalized spacial score (nSPS) is 40.4. The first kappa shape index (κ1) is 13.3. The Bertz CT molecular complexity index is 246. The summed E-state index contributed by atoms with van der Waals surface area (Å²) < 4.78 is 5.63. The number of morpholine rings is 1. The van der Waals surface area contributed by atoms with E-state index in [1.165, 1.54) is 32.1 Å². The summed E-state index contributed by atoms with van der Waals surface area (Å²) in [4.78, 5) is 2.69. The molecule has 0 bridgehead atoms. The third kappa shape index (κ3) is 2.67. The van der Waals surface area contributed by atoms with E-state index in [9.17, 15) is 0 Å². The molecule has 2 fully saturated rings. The van der Waals surface area contributed by atoms with Gasteiger partial charge in [-0.05, 0) is 25.2 Å². The molecule has 1 aliphatic heterocycles. The van der Waals surface area contributed by atoms with Gasteiger partial charge in [0.15, 0.2) is 0 Å². The molecule has 0 aromatic rings. The molecule has 3 atom stereocenters. The summed E-state index contributed by atoms with van der Waals surface area (Å²) in [6.07, 6.45) is 6.45. The van der Waals surface area contributed by atoms with Crippen molar-refractivity contribution in [2.45, 2.75) is 57.5 Å². The van der Waals surface area contributed by atoms with E-state index in [2.05, 4.69) is 18.7 Å². The van der Waals surface area contributed by atoms with E-state index in [0.29, 0.717) is 6.04 Å². The second kappa shape index (κ2) is 5.68. The van der Waals surface area contributed by atoms with Crippen molar-refractivity contribution in [2.75, 3.05) is 26.3 Å². The standard InChI is InChI=1S/C14H28N2O/c1-3-13-10-17-8-7-16(13)14(11-15)6-4-5-12(2)9-14/h12-13H,3-11,15H2,1-2H3. The van der Waals surface area contributed by atoms with Gasteiger partial charge in [-0.1, -0.05) is 26.7 Å². The van der Waals surface area contributed by atoms with E-state index in [4.69, 9.17) is 10.5 Å².